The summed E-state index contributed by atoms with van der Waals surface area (Å²) >= 11 is 0. The van der Waals surface area contributed by atoms with E-state index in [4.69, 9.17) is 9.47 Å². The first-order valence-electron chi connectivity index (χ1n) is 10.2. The topological polar surface area (TPSA) is 73.0 Å². The van der Waals surface area contributed by atoms with E-state index in [0.717, 1.165) is 31.3 Å². The molecule has 0 amide bonds. The molecule has 5 aliphatic rings. The molecule has 0 aromatic carbocycles. The Balaban J connectivity index is 1.46. The van der Waals surface area contributed by atoms with Crippen molar-refractivity contribution in [3.63, 3.8) is 0 Å². The van der Waals surface area contributed by atoms with Crippen molar-refractivity contribution in [3.8, 4) is 0 Å². The fourth-order valence-electron chi connectivity index (χ4n) is 6.90. The lowest BCUT2D eigenvalue weighted by molar-refractivity contribution is -0.145. The molecule has 0 aromatic rings. The minimum absolute atomic E-state index is 0.0704. The highest BCUT2D eigenvalue weighted by molar-refractivity contribution is 6.01. The summed E-state index contributed by atoms with van der Waals surface area (Å²) in [5.41, 5.74) is 1.28. The number of Topliss-reactive ketones (excluding diaryl/α,β-unsaturated/α-hetero) is 1. The van der Waals surface area contributed by atoms with E-state index in [2.05, 4.69) is 26.0 Å². The molecule has 1 aliphatic heterocycles. The number of epoxide rings is 1. The summed E-state index contributed by atoms with van der Waals surface area (Å²) in [5, 5.41) is 0. The first-order valence-corrected chi connectivity index (χ1v) is 10.2. The Morgan fingerprint density at radius 2 is 2.07 bits per heavy atom. The van der Waals surface area contributed by atoms with Crippen molar-refractivity contribution < 1.29 is 23.9 Å². The highest BCUT2D eigenvalue weighted by atomic mass is 16.6. The molecule has 4 aliphatic carbocycles. The Labute approximate surface area is 164 Å². The molecule has 1 saturated heterocycles. The monoisotopic (exact) mass is 382 g/mol. The van der Waals surface area contributed by atoms with Crippen LogP contribution in [0, 0.1) is 22.7 Å². The van der Waals surface area contributed by atoms with Gasteiger partial charge in [-0.25, -0.2) is 0 Å². The molecule has 28 heavy (non-hydrogen) atoms. The summed E-state index contributed by atoms with van der Waals surface area (Å²) in [5.74, 6) is 0.249. The van der Waals surface area contributed by atoms with Gasteiger partial charge in [-0.05, 0) is 56.6 Å². The summed E-state index contributed by atoms with van der Waals surface area (Å²) in [7, 11) is 0. The molecule has 3 fully saturated rings. The van der Waals surface area contributed by atoms with Gasteiger partial charge in [0.1, 0.15) is 5.60 Å². The zero-order chi connectivity index (χ0) is 19.9. The largest absolute Gasteiger partial charge is 0.457 e. The van der Waals surface area contributed by atoms with E-state index in [9.17, 15) is 14.4 Å². The lowest BCUT2D eigenvalue weighted by Crippen LogP contribution is -2.56. The van der Waals surface area contributed by atoms with Gasteiger partial charge in [-0.2, -0.15) is 0 Å². The van der Waals surface area contributed by atoms with Crippen LogP contribution in [0.5, 0.6) is 0 Å². The normalized spacial score (nSPS) is 45.1. The second-order valence-electron chi connectivity index (χ2n) is 9.44. The van der Waals surface area contributed by atoms with E-state index >= 15 is 0 Å². The van der Waals surface area contributed by atoms with Gasteiger partial charge >= 0.3 is 5.97 Å². The van der Waals surface area contributed by atoms with E-state index in [-0.39, 0.29) is 40.7 Å². The predicted molar refractivity (Wildman–Crippen MR) is 101 cm³/mol. The molecular formula is C23H26O5. The number of hydrogen-bond donors (Lipinski definition) is 0. The summed E-state index contributed by atoms with van der Waals surface area (Å²) < 4.78 is 11.4. The number of hydrogen-bond acceptors (Lipinski definition) is 5. The SMILES string of the molecule is CC(=O)OCC(=O)C1=CC[C@H]2[C@@H]3CCC4=CC(=O)C=C[C@]4(C)[C@@]34O[C@H]4C[C@]12C. The van der Waals surface area contributed by atoms with Crippen LogP contribution in [0.3, 0.4) is 0 Å². The third-order valence-corrected chi connectivity index (χ3v) is 8.22. The lowest BCUT2D eigenvalue weighted by atomic mass is 9.47. The Hall–Kier alpha value is -2.01. The molecule has 0 aromatic heterocycles. The van der Waals surface area contributed by atoms with Crippen LogP contribution in [0.2, 0.25) is 0 Å². The molecule has 5 heteroatoms. The highest BCUT2D eigenvalue weighted by Gasteiger charge is 2.78. The zero-order valence-corrected chi connectivity index (χ0v) is 16.6. The molecule has 6 atom stereocenters. The second kappa shape index (κ2) is 5.53. The van der Waals surface area contributed by atoms with Crippen LogP contribution in [0.15, 0.2) is 35.5 Å². The van der Waals surface area contributed by atoms with Crippen molar-refractivity contribution >= 4 is 17.5 Å². The molecule has 1 spiro atoms. The number of fused-ring (bicyclic) bond motifs is 3. The van der Waals surface area contributed by atoms with Crippen molar-refractivity contribution in [2.75, 3.05) is 6.61 Å². The lowest BCUT2D eigenvalue weighted by Gasteiger charge is -2.54. The van der Waals surface area contributed by atoms with Crippen LogP contribution >= 0.6 is 0 Å². The van der Waals surface area contributed by atoms with Crippen LogP contribution in [0.25, 0.3) is 0 Å². The number of ketones is 2. The maximum Gasteiger partial charge on any atom is 0.303 e. The van der Waals surface area contributed by atoms with Crippen molar-refractivity contribution in [1.29, 1.82) is 0 Å². The average Bonchev–Trinajstić information content (AvgIpc) is 3.25. The molecule has 0 unspecified atom stereocenters. The van der Waals surface area contributed by atoms with Gasteiger partial charge in [-0.1, -0.05) is 24.6 Å². The quantitative estimate of drug-likeness (QED) is 0.554. The van der Waals surface area contributed by atoms with E-state index in [1.807, 2.05) is 0 Å². The number of carbonyl (C=O) groups is 3. The summed E-state index contributed by atoms with van der Waals surface area (Å²) in [6.45, 7) is 5.54. The van der Waals surface area contributed by atoms with E-state index in [1.54, 1.807) is 12.2 Å². The van der Waals surface area contributed by atoms with E-state index < -0.39 is 5.97 Å². The second-order valence-corrected chi connectivity index (χ2v) is 9.44. The standard InChI is InChI=1S/C23H26O5/c1-13(24)27-12-19(26)18-7-6-16-17-5-4-14-10-15(25)8-9-22(14,3)23(17)20(28-23)11-21(16,18)2/h7-10,16-17,20H,4-6,11-12H2,1-3H3/t16-,17-,20-,21-,22-,23+/m0/s1. The molecule has 2 saturated carbocycles. The number of allylic oxidation sites excluding steroid dienone is 3. The molecule has 148 valence electrons. The first kappa shape index (κ1) is 18.0. The third-order valence-electron chi connectivity index (χ3n) is 8.22. The van der Waals surface area contributed by atoms with Crippen molar-refractivity contribution in [2.45, 2.75) is 58.2 Å². The Kier molecular flexibility index (Phi) is 3.57. The van der Waals surface area contributed by atoms with Gasteiger partial charge in [0.05, 0.1) is 6.10 Å². The zero-order valence-electron chi connectivity index (χ0n) is 16.6. The van der Waals surface area contributed by atoms with Crippen LogP contribution in [-0.2, 0) is 23.9 Å². The molecule has 1 heterocycles. The number of carbonyl (C=O) groups excluding carboxylic acids is 3. The molecule has 5 rings (SSSR count). The predicted octanol–water partition coefficient (Wildman–Crippen LogP) is 3.09. The van der Waals surface area contributed by atoms with Crippen molar-refractivity contribution in [3.05, 3.63) is 35.5 Å². The van der Waals surface area contributed by atoms with Gasteiger partial charge in [0, 0.05) is 23.3 Å². The van der Waals surface area contributed by atoms with Gasteiger partial charge in [0.15, 0.2) is 18.2 Å². The molecule has 0 radical (unpaired) electrons. The molecule has 5 nitrogen and oxygen atoms in total. The summed E-state index contributed by atoms with van der Waals surface area (Å²) in [4.78, 5) is 35.8. The Morgan fingerprint density at radius 3 is 2.82 bits per heavy atom. The Bertz CT molecular complexity index is 895. The molecular weight excluding hydrogens is 356 g/mol. The van der Waals surface area contributed by atoms with Gasteiger partial charge in [-0.15, -0.1) is 0 Å². The van der Waals surface area contributed by atoms with Gasteiger partial charge in [0.2, 0.25) is 0 Å². The van der Waals surface area contributed by atoms with Crippen LogP contribution in [0.1, 0.15) is 46.5 Å². The number of esters is 1. The Morgan fingerprint density at radius 1 is 1.29 bits per heavy atom. The van der Waals surface area contributed by atoms with Gasteiger partial charge < -0.3 is 9.47 Å². The van der Waals surface area contributed by atoms with E-state index in [0.29, 0.717) is 11.8 Å². The van der Waals surface area contributed by atoms with Crippen LogP contribution in [-0.4, -0.2) is 35.8 Å². The summed E-state index contributed by atoms with van der Waals surface area (Å²) in [6.07, 6.45) is 11.3. The summed E-state index contributed by atoms with van der Waals surface area (Å²) in [6, 6.07) is 0. The number of rotatable bonds is 3. The van der Waals surface area contributed by atoms with Crippen molar-refractivity contribution in [1.82, 2.24) is 0 Å². The average molecular weight is 382 g/mol. The van der Waals surface area contributed by atoms with E-state index in [1.165, 1.54) is 12.5 Å². The minimum Gasteiger partial charge on any atom is -0.457 e. The maximum atomic E-state index is 12.8. The smallest absolute Gasteiger partial charge is 0.303 e. The number of ether oxygens (including phenoxy) is 2. The van der Waals surface area contributed by atoms with Gasteiger partial charge in [-0.3, -0.25) is 14.4 Å². The van der Waals surface area contributed by atoms with Crippen molar-refractivity contribution in [2.24, 2.45) is 22.7 Å². The molecule has 0 N–H and O–H groups in total. The van der Waals surface area contributed by atoms with Crippen LogP contribution < -0.4 is 0 Å². The fraction of sp³-hybridized carbons (Fsp3) is 0.609. The van der Waals surface area contributed by atoms with Gasteiger partial charge in [0.25, 0.3) is 0 Å². The third kappa shape index (κ3) is 2.08. The maximum absolute atomic E-state index is 12.8. The fourth-order valence-corrected chi connectivity index (χ4v) is 6.90. The minimum atomic E-state index is -0.431. The first-order chi connectivity index (χ1) is 13.2. The molecule has 0 bridgehead atoms. The van der Waals surface area contributed by atoms with Crippen LogP contribution in [0.4, 0.5) is 0 Å². The highest BCUT2D eigenvalue weighted by Crippen LogP contribution is 2.74.